The van der Waals surface area contributed by atoms with E-state index in [1.807, 2.05) is 53.2 Å². The number of aryl methyl sites for hydroxylation is 1. The second-order valence-corrected chi connectivity index (χ2v) is 6.57. The first-order valence-corrected chi connectivity index (χ1v) is 8.52. The van der Waals surface area contributed by atoms with Crippen LogP contribution in [0.2, 0.25) is 0 Å². The minimum absolute atomic E-state index is 0.124. The molecule has 3 aromatic rings. The van der Waals surface area contributed by atoms with Crippen LogP contribution in [0, 0.1) is 0 Å². The zero-order valence-electron chi connectivity index (χ0n) is 13.9. The van der Waals surface area contributed by atoms with Gasteiger partial charge in [-0.15, -0.1) is 0 Å². The van der Waals surface area contributed by atoms with Crippen LogP contribution in [0.5, 0.6) is 0 Å². The van der Waals surface area contributed by atoms with Crippen molar-refractivity contribution in [1.82, 2.24) is 9.88 Å². The van der Waals surface area contributed by atoms with Gasteiger partial charge in [0.15, 0.2) is 0 Å². The molecule has 1 aliphatic carbocycles. The SMILES string of the molecule is Nc1cccc2c1ccn2CC(=O)N[C@H]1c2ccccc2CC[C@H]1O. The minimum atomic E-state index is -0.559. The predicted octanol–water partition coefficient (Wildman–Crippen LogP) is 2.39. The normalized spacial score (nSPS) is 19.6. The molecule has 0 saturated heterocycles. The molecule has 0 radical (unpaired) electrons. The van der Waals surface area contributed by atoms with Gasteiger partial charge in [-0.1, -0.05) is 30.3 Å². The second kappa shape index (κ2) is 6.26. The lowest BCUT2D eigenvalue weighted by Gasteiger charge is -2.31. The van der Waals surface area contributed by atoms with Crippen LogP contribution in [0.25, 0.3) is 10.9 Å². The van der Waals surface area contributed by atoms with Crippen LogP contribution in [0.4, 0.5) is 5.69 Å². The number of hydrogen-bond donors (Lipinski definition) is 3. The van der Waals surface area contributed by atoms with E-state index in [9.17, 15) is 9.90 Å². The van der Waals surface area contributed by atoms with Gasteiger partial charge >= 0.3 is 0 Å². The fourth-order valence-electron chi connectivity index (χ4n) is 3.68. The molecule has 1 heterocycles. The highest BCUT2D eigenvalue weighted by Gasteiger charge is 2.29. The van der Waals surface area contributed by atoms with E-state index in [1.54, 1.807) is 0 Å². The molecule has 1 aromatic heterocycles. The number of benzene rings is 2. The van der Waals surface area contributed by atoms with E-state index in [0.717, 1.165) is 22.9 Å². The summed E-state index contributed by atoms with van der Waals surface area (Å²) < 4.78 is 1.88. The number of aliphatic hydroxyl groups is 1. The van der Waals surface area contributed by atoms with Gasteiger partial charge in [-0.3, -0.25) is 4.79 Å². The molecule has 1 amide bonds. The number of nitrogen functional groups attached to an aromatic ring is 1. The van der Waals surface area contributed by atoms with Gasteiger partial charge in [-0.25, -0.2) is 0 Å². The van der Waals surface area contributed by atoms with Gasteiger partial charge in [0.05, 0.1) is 17.7 Å². The number of aromatic nitrogens is 1. The number of fused-ring (bicyclic) bond motifs is 2. The molecule has 2 atom stereocenters. The third-order valence-corrected chi connectivity index (χ3v) is 4.96. The zero-order valence-corrected chi connectivity index (χ0v) is 13.9. The molecule has 0 saturated carbocycles. The standard InChI is InChI=1S/C20H21N3O2/c21-16-6-3-7-17-15(16)10-11-23(17)12-19(25)22-20-14-5-2-1-4-13(14)8-9-18(20)24/h1-7,10-11,18,20,24H,8-9,12,21H2,(H,22,25)/t18-,20+/m1/s1. The van der Waals surface area contributed by atoms with Gasteiger partial charge in [-0.2, -0.15) is 0 Å². The van der Waals surface area contributed by atoms with Gasteiger partial charge in [0.25, 0.3) is 0 Å². The van der Waals surface area contributed by atoms with Crippen molar-refractivity contribution in [2.24, 2.45) is 0 Å². The number of nitrogens with two attached hydrogens (primary N) is 1. The summed E-state index contributed by atoms with van der Waals surface area (Å²) in [5, 5.41) is 14.3. The molecule has 5 nitrogen and oxygen atoms in total. The quantitative estimate of drug-likeness (QED) is 0.643. The molecule has 0 spiro atoms. The van der Waals surface area contributed by atoms with Crippen LogP contribution in [0.15, 0.2) is 54.7 Å². The Kier molecular flexibility index (Phi) is 3.93. The number of rotatable bonds is 3. The summed E-state index contributed by atoms with van der Waals surface area (Å²) in [7, 11) is 0. The van der Waals surface area contributed by atoms with Crippen LogP contribution < -0.4 is 11.1 Å². The van der Waals surface area contributed by atoms with Crippen LogP contribution in [0.3, 0.4) is 0 Å². The minimum Gasteiger partial charge on any atom is -0.398 e. The highest BCUT2D eigenvalue weighted by molar-refractivity contribution is 5.92. The second-order valence-electron chi connectivity index (χ2n) is 6.57. The van der Waals surface area contributed by atoms with Crippen molar-refractivity contribution in [2.75, 3.05) is 5.73 Å². The average Bonchev–Trinajstić information content (AvgIpc) is 3.02. The summed E-state index contributed by atoms with van der Waals surface area (Å²) >= 11 is 0. The van der Waals surface area contributed by atoms with E-state index in [-0.39, 0.29) is 18.5 Å². The van der Waals surface area contributed by atoms with Gasteiger partial charge in [0.1, 0.15) is 6.54 Å². The van der Waals surface area contributed by atoms with Crippen molar-refractivity contribution < 1.29 is 9.90 Å². The van der Waals surface area contributed by atoms with E-state index in [2.05, 4.69) is 11.4 Å². The largest absolute Gasteiger partial charge is 0.398 e. The molecule has 25 heavy (non-hydrogen) atoms. The first-order valence-electron chi connectivity index (χ1n) is 8.52. The molecule has 4 rings (SSSR count). The number of anilines is 1. The maximum absolute atomic E-state index is 12.6. The molecule has 4 N–H and O–H groups in total. The third-order valence-electron chi connectivity index (χ3n) is 4.96. The Balaban J connectivity index is 1.55. The van der Waals surface area contributed by atoms with Crippen molar-refractivity contribution in [2.45, 2.75) is 31.5 Å². The number of hydrogen-bond acceptors (Lipinski definition) is 3. The Labute approximate surface area is 146 Å². The van der Waals surface area contributed by atoms with Crippen molar-refractivity contribution in [3.63, 3.8) is 0 Å². The van der Waals surface area contributed by atoms with E-state index in [4.69, 9.17) is 5.73 Å². The fourth-order valence-corrected chi connectivity index (χ4v) is 3.68. The van der Waals surface area contributed by atoms with Crippen molar-refractivity contribution >= 4 is 22.5 Å². The fraction of sp³-hybridized carbons (Fsp3) is 0.250. The molecular weight excluding hydrogens is 314 g/mol. The number of aliphatic hydroxyl groups excluding tert-OH is 1. The third kappa shape index (κ3) is 2.87. The Bertz CT molecular complexity index is 932. The smallest absolute Gasteiger partial charge is 0.240 e. The summed E-state index contributed by atoms with van der Waals surface area (Å²) in [6.45, 7) is 0.193. The highest BCUT2D eigenvalue weighted by atomic mass is 16.3. The van der Waals surface area contributed by atoms with E-state index < -0.39 is 6.10 Å². The van der Waals surface area contributed by atoms with Crippen molar-refractivity contribution in [3.05, 3.63) is 65.9 Å². The topological polar surface area (TPSA) is 80.3 Å². The summed E-state index contributed by atoms with van der Waals surface area (Å²) in [6, 6.07) is 15.2. The summed E-state index contributed by atoms with van der Waals surface area (Å²) in [5.41, 5.74) is 9.81. The average molecular weight is 335 g/mol. The number of amides is 1. The Morgan fingerprint density at radius 2 is 2.04 bits per heavy atom. The molecule has 1 aliphatic rings. The predicted molar refractivity (Wildman–Crippen MR) is 98.0 cm³/mol. The molecule has 0 fully saturated rings. The van der Waals surface area contributed by atoms with Gasteiger partial charge in [0.2, 0.25) is 5.91 Å². The number of carbonyl (C=O) groups is 1. The van der Waals surface area contributed by atoms with Crippen LogP contribution >= 0.6 is 0 Å². The molecule has 2 aromatic carbocycles. The first-order chi connectivity index (χ1) is 12.1. The van der Waals surface area contributed by atoms with E-state index in [1.165, 1.54) is 5.56 Å². The van der Waals surface area contributed by atoms with Crippen molar-refractivity contribution in [3.8, 4) is 0 Å². The lowest BCUT2D eigenvalue weighted by atomic mass is 9.85. The summed E-state index contributed by atoms with van der Waals surface area (Å²) in [4.78, 5) is 12.6. The highest BCUT2D eigenvalue weighted by Crippen LogP contribution is 2.30. The lowest BCUT2D eigenvalue weighted by molar-refractivity contribution is -0.123. The van der Waals surface area contributed by atoms with Crippen LogP contribution in [-0.4, -0.2) is 21.7 Å². The molecule has 0 unspecified atom stereocenters. The number of carbonyl (C=O) groups excluding carboxylic acids is 1. The van der Waals surface area contributed by atoms with Crippen molar-refractivity contribution in [1.29, 1.82) is 0 Å². The Morgan fingerprint density at radius 1 is 1.20 bits per heavy atom. The molecule has 0 aliphatic heterocycles. The van der Waals surface area contributed by atoms with Gasteiger partial charge < -0.3 is 20.7 Å². The van der Waals surface area contributed by atoms with Crippen LogP contribution in [0.1, 0.15) is 23.6 Å². The molecule has 5 heteroatoms. The molecular formula is C20H21N3O2. The van der Waals surface area contributed by atoms with Gasteiger partial charge in [-0.05, 0) is 42.2 Å². The number of nitrogens with zero attached hydrogens (tertiary/aromatic N) is 1. The monoisotopic (exact) mass is 335 g/mol. The Morgan fingerprint density at radius 3 is 2.92 bits per heavy atom. The maximum Gasteiger partial charge on any atom is 0.240 e. The zero-order chi connectivity index (χ0) is 17.4. The van der Waals surface area contributed by atoms with E-state index >= 15 is 0 Å². The number of nitrogens with one attached hydrogen (secondary N) is 1. The molecule has 0 bridgehead atoms. The lowest BCUT2D eigenvalue weighted by Crippen LogP contribution is -2.40. The summed E-state index contributed by atoms with van der Waals surface area (Å²) in [5.74, 6) is -0.124. The first kappa shape index (κ1) is 15.7. The Hall–Kier alpha value is -2.79. The van der Waals surface area contributed by atoms with Crippen LogP contribution in [-0.2, 0) is 17.8 Å². The summed E-state index contributed by atoms with van der Waals surface area (Å²) in [6.07, 6.45) is 2.80. The molecule has 128 valence electrons. The maximum atomic E-state index is 12.6. The van der Waals surface area contributed by atoms with E-state index in [0.29, 0.717) is 12.1 Å². The van der Waals surface area contributed by atoms with Gasteiger partial charge in [0, 0.05) is 17.3 Å².